The number of halogens is 1. The van der Waals surface area contributed by atoms with E-state index in [-0.39, 0.29) is 11.8 Å². The second kappa shape index (κ2) is 6.98. The maximum absolute atomic E-state index is 12.0. The third kappa shape index (κ3) is 3.68. The summed E-state index contributed by atoms with van der Waals surface area (Å²) in [7, 11) is 0. The number of fused-ring (bicyclic) bond motifs is 1. The molecule has 1 atom stereocenters. The van der Waals surface area contributed by atoms with Crippen LogP contribution in [0.2, 0.25) is 5.22 Å². The number of amides is 1. The first-order valence-electron chi connectivity index (χ1n) is 8.98. The molecule has 1 saturated heterocycles. The van der Waals surface area contributed by atoms with E-state index in [1.54, 1.807) is 0 Å². The molecule has 0 spiro atoms. The van der Waals surface area contributed by atoms with Crippen molar-refractivity contribution in [1.82, 2.24) is 10.2 Å². The summed E-state index contributed by atoms with van der Waals surface area (Å²) in [5.41, 5.74) is 1.83. The monoisotopic (exact) mass is 362 g/mol. The molecule has 1 aromatic carbocycles. The molecule has 1 aromatic heterocycles. The lowest BCUT2D eigenvalue weighted by atomic mass is 9.90. The zero-order chi connectivity index (χ0) is 17.4. The van der Waals surface area contributed by atoms with Crippen LogP contribution in [-0.2, 0) is 11.3 Å². The van der Waals surface area contributed by atoms with Gasteiger partial charge in [-0.3, -0.25) is 9.69 Å². The van der Waals surface area contributed by atoms with Gasteiger partial charge in [-0.25, -0.2) is 0 Å². The van der Waals surface area contributed by atoms with Gasteiger partial charge in [-0.2, -0.15) is 0 Å². The zero-order valence-electron chi connectivity index (χ0n) is 14.1. The van der Waals surface area contributed by atoms with Gasteiger partial charge in [0.15, 0.2) is 5.22 Å². The minimum absolute atomic E-state index is 0.0339. The quantitative estimate of drug-likeness (QED) is 0.858. The molecule has 134 valence electrons. The number of hydrogen-bond acceptors (Lipinski definition) is 4. The number of hydrogen-bond donors (Lipinski definition) is 2. The summed E-state index contributed by atoms with van der Waals surface area (Å²) in [5.74, 6) is -0.170. The van der Waals surface area contributed by atoms with Gasteiger partial charge in [-0.05, 0) is 62.4 Å². The number of furan rings is 1. The first-order chi connectivity index (χ1) is 12.1. The van der Waals surface area contributed by atoms with Crippen LogP contribution in [0.3, 0.4) is 0 Å². The van der Waals surface area contributed by atoms with E-state index in [9.17, 15) is 9.90 Å². The molecule has 1 aliphatic carbocycles. The number of likely N-dealkylation sites (tertiary alicyclic amines) is 1. The summed E-state index contributed by atoms with van der Waals surface area (Å²) in [4.78, 5) is 14.3. The van der Waals surface area contributed by atoms with Crippen LogP contribution in [-0.4, -0.2) is 41.1 Å². The number of para-hydroxylation sites is 1. The van der Waals surface area contributed by atoms with Crippen molar-refractivity contribution in [3.63, 3.8) is 0 Å². The fourth-order valence-corrected chi connectivity index (χ4v) is 3.84. The van der Waals surface area contributed by atoms with E-state index in [1.807, 2.05) is 24.3 Å². The van der Waals surface area contributed by atoms with Crippen molar-refractivity contribution < 1.29 is 14.3 Å². The Labute approximate surface area is 151 Å². The van der Waals surface area contributed by atoms with Crippen LogP contribution in [0, 0.1) is 5.92 Å². The summed E-state index contributed by atoms with van der Waals surface area (Å²) < 4.78 is 5.62. The summed E-state index contributed by atoms with van der Waals surface area (Å²) in [5, 5.41) is 14.7. The predicted octanol–water partition coefficient (Wildman–Crippen LogP) is 2.94. The van der Waals surface area contributed by atoms with Crippen molar-refractivity contribution in [2.75, 3.05) is 13.1 Å². The summed E-state index contributed by atoms with van der Waals surface area (Å²) >= 11 is 6.28. The smallest absolute Gasteiger partial charge is 0.249 e. The van der Waals surface area contributed by atoms with Gasteiger partial charge >= 0.3 is 0 Å². The maximum atomic E-state index is 12.0. The molecular weight excluding hydrogens is 340 g/mol. The summed E-state index contributed by atoms with van der Waals surface area (Å²) in [6.07, 6.45) is 2.81. The van der Waals surface area contributed by atoms with E-state index in [0.717, 1.165) is 61.9 Å². The van der Waals surface area contributed by atoms with E-state index in [2.05, 4.69) is 10.2 Å². The molecule has 2 aromatic rings. The van der Waals surface area contributed by atoms with Gasteiger partial charge in [-0.1, -0.05) is 18.2 Å². The largest absolute Gasteiger partial charge is 0.444 e. The average molecular weight is 363 g/mol. The Morgan fingerprint density at radius 3 is 2.72 bits per heavy atom. The Kier molecular flexibility index (Phi) is 4.71. The zero-order valence-corrected chi connectivity index (χ0v) is 14.8. The molecule has 25 heavy (non-hydrogen) atoms. The SMILES string of the molecule is O=C(NC1CC1)C(O)C1CCN(Cc2c(Cl)oc3ccccc23)CC1. The number of benzene rings is 1. The van der Waals surface area contributed by atoms with Gasteiger partial charge in [0.05, 0.1) is 0 Å². The van der Waals surface area contributed by atoms with E-state index in [0.29, 0.717) is 11.3 Å². The van der Waals surface area contributed by atoms with Crippen molar-refractivity contribution in [2.24, 2.45) is 5.92 Å². The standard InChI is InChI=1S/C19H23ClN2O3/c20-18-15(14-3-1-2-4-16(14)25-18)11-22-9-7-12(8-10-22)17(23)19(24)21-13-5-6-13/h1-4,12-13,17,23H,5-11H2,(H,21,24). The molecule has 1 amide bonds. The van der Waals surface area contributed by atoms with E-state index < -0.39 is 6.10 Å². The van der Waals surface area contributed by atoms with Gasteiger partial charge < -0.3 is 14.8 Å². The van der Waals surface area contributed by atoms with Crippen molar-refractivity contribution in [1.29, 1.82) is 0 Å². The molecule has 0 radical (unpaired) electrons. The Bertz CT molecular complexity index is 763. The molecule has 1 saturated carbocycles. The van der Waals surface area contributed by atoms with Crippen molar-refractivity contribution in [2.45, 2.75) is 44.4 Å². The Morgan fingerprint density at radius 2 is 2.00 bits per heavy atom. The lowest BCUT2D eigenvalue weighted by Gasteiger charge is -2.33. The molecule has 6 heteroatoms. The van der Waals surface area contributed by atoms with Crippen LogP contribution in [0.1, 0.15) is 31.2 Å². The highest BCUT2D eigenvalue weighted by molar-refractivity contribution is 6.30. The molecule has 2 N–H and O–H groups in total. The highest BCUT2D eigenvalue weighted by atomic mass is 35.5. The predicted molar refractivity (Wildman–Crippen MR) is 96.4 cm³/mol. The fraction of sp³-hybridized carbons (Fsp3) is 0.526. The molecular formula is C19H23ClN2O3. The van der Waals surface area contributed by atoms with Crippen LogP contribution in [0.4, 0.5) is 0 Å². The van der Waals surface area contributed by atoms with Gasteiger partial charge in [0.1, 0.15) is 11.7 Å². The first kappa shape index (κ1) is 16.9. The average Bonchev–Trinajstić information content (AvgIpc) is 3.38. The molecule has 1 aliphatic heterocycles. The highest BCUT2D eigenvalue weighted by Crippen LogP contribution is 2.32. The van der Waals surface area contributed by atoms with Gasteiger partial charge in [0.25, 0.3) is 0 Å². The van der Waals surface area contributed by atoms with Crippen molar-refractivity contribution >= 4 is 28.5 Å². The molecule has 0 bridgehead atoms. The molecule has 1 unspecified atom stereocenters. The van der Waals surface area contributed by atoms with E-state index in [1.165, 1.54) is 0 Å². The summed E-state index contributed by atoms with van der Waals surface area (Å²) in [6, 6.07) is 8.16. The molecule has 4 rings (SSSR count). The van der Waals surface area contributed by atoms with Gasteiger partial charge in [-0.15, -0.1) is 0 Å². The third-order valence-corrected chi connectivity index (χ3v) is 5.61. The lowest BCUT2D eigenvalue weighted by molar-refractivity contribution is -0.133. The molecule has 2 fully saturated rings. The van der Waals surface area contributed by atoms with Crippen LogP contribution in [0.15, 0.2) is 28.7 Å². The number of aliphatic hydroxyl groups excluding tert-OH is 1. The van der Waals surface area contributed by atoms with Gasteiger partial charge in [0, 0.05) is 23.5 Å². The van der Waals surface area contributed by atoms with Crippen molar-refractivity contribution in [3.05, 3.63) is 35.0 Å². The minimum Gasteiger partial charge on any atom is -0.444 e. The first-order valence-corrected chi connectivity index (χ1v) is 9.36. The number of nitrogens with zero attached hydrogens (tertiary/aromatic N) is 1. The fourth-order valence-electron chi connectivity index (χ4n) is 3.60. The molecule has 2 aliphatic rings. The van der Waals surface area contributed by atoms with E-state index >= 15 is 0 Å². The van der Waals surface area contributed by atoms with Crippen LogP contribution < -0.4 is 5.32 Å². The second-order valence-electron chi connectivity index (χ2n) is 7.19. The van der Waals surface area contributed by atoms with Crippen LogP contribution in [0.25, 0.3) is 11.0 Å². The van der Waals surface area contributed by atoms with Gasteiger partial charge in [0.2, 0.25) is 5.91 Å². The Morgan fingerprint density at radius 1 is 1.28 bits per heavy atom. The highest BCUT2D eigenvalue weighted by Gasteiger charge is 2.33. The van der Waals surface area contributed by atoms with Crippen LogP contribution in [0.5, 0.6) is 0 Å². The Hall–Kier alpha value is -1.56. The normalized spacial score (nSPS) is 20.7. The van der Waals surface area contributed by atoms with E-state index in [4.69, 9.17) is 16.0 Å². The molecule has 5 nitrogen and oxygen atoms in total. The molecule has 2 heterocycles. The minimum atomic E-state index is -0.888. The maximum Gasteiger partial charge on any atom is 0.249 e. The number of nitrogens with one attached hydrogen (secondary N) is 1. The number of rotatable bonds is 5. The number of piperidine rings is 1. The third-order valence-electron chi connectivity index (χ3n) is 5.30. The lowest BCUT2D eigenvalue weighted by Crippen LogP contribution is -2.44. The number of aliphatic hydroxyl groups is 1. The van der Waals surface area contributed by atoms with Crippen LogP contribution >= 0.6 is 11.6 Å². The topological polar surface area (TPSA) is 65.7 Å². The second-order valence-corrected chi connectivity index (χ2v) is 7.54. The number of carbonyl (C=O) groups excluding carboxylic acids is 1. The number of carbonyl (C=O) groups is 1. The Balaban J connectivity index is 1.35. The summed E-state index contributed by atoms with van der Waals surface area (Å²) in [6.45, 7) is 2.41. The van der Waals surface area contributed by atoms with Crippen molar-refractivity contribution in [3.8, 4) is 0 Å².